The fourth-order valence-electron chi connectivity index (χ4n) is 2.87. The van der Waals surface area contributed by atoms with Gasteiger partial charge in [0.05, 0.1) is 12.2 Å². The third-order valence-corrected chi connectivity index (χ3v) is 4.31. The molecule has 2 aliphatic rings. The Bertz CT molecular complexity index is 767. The number of carbonyl (C=O) groups excluding carboxylic acids is 4. The van der Waals surface area contributed by atoms with Gasteiger partial charge in [-0.3, -0.25) is 24.5 Å². The lowest BCUT2D eigenvalue weighted by molar-refractivity contribution is -0.143. The Hall–Kier alpha value is -2.81. The molecule has 2 heterocycles. The molecular weight excluding hydrogens is 345 g/mol. The zero-order valence-electron chi connectivity index (χ0n) is 13.9. The van der Waals surface area contributed by atoms with Crippen molar-refractivity contribution in [1.29, 1.82) is 0 Å². The molecule has 2 aliphatic heterocycles. The van der Waals surface area contributed by atoms with E-state index in [1.807, 2.05) is 0 Å². The van der Waals surface area contributed by atoms with Crippen molar-refractivity contribution >= 4 is 23.6 Å². The molecule has 1 atom stereocenters. The van der Waals surface area contributed by atoms with Crippen LogP contribution in [0.3, 0.4) is 0 Å². The molecule has 4 amide bonds. The molecule has 0 aromatic heterocycles. The summed E-state index contributed by atoms with van der Waals surface area (Å²) in [4.78, 5) is 48.5. The number of morpholine rings is 1. The number of nitrogens with one attached hydrogen (secondary N) is 2. The maximum atomic E-state index is 14.7. The number of imide groups is 1. The maximum Gasteiger partial charge on any atom is 0.254 e. The van der Waals surface area contributed by atoms with Crippen LogP contribution < -0.4 is 10.6 Å². The van der Waals surface area contributed by atoms with E-state index in [9.17, 15) is 23.6 Å². The van der Waals surface area contributed by atoms with Gasteiger partial charge in [0.2, 0.25) is 17.7 Å². The number of rotatable bonds is 4. The maximum absolute atomic E-state index is 14.7. The van der Waals surface area contributed by atoms with E-state index in [-0.39, 0.29) is 43.0 Å². The van der Waals surface area contributed by atoms with E-state index in [0.29, 0.717) is 13.2 Å². The van der Waals surface area contributed by atoms with Gasteiger partial charge >= 0.3 is 0 Å². The lowest BCUT2D eigenvalue weighted by Crippen LogP contribution is -2.52. The van der Waals surface area contributed by atoms with Crippen LogP contribution in [0.25, 0.3) is 0 Å². The second-order valence-corrected chi connectivity index (χ2v) is 6.12. The summed E-state index contributed by atoms with van der Waals surface area (Å²) >= 11 is 0. The monoisotopic (exact) mass is 363 g/mol. The van der Waals surface area contributed by atoms with Gasteiger partial charge in [-0.05, 0) is 12.5 Å². The van der Waals surface area contributed by atoms with E-state index in [0.717, 1.165) is 0 Å². The highest BCUT2D eigenvalue weighted by Gasteiger charge is 2.29. The molecule has 1 aromatic rings. The van der Waals surface area contributed by atoms with Crippen molar-refractivity contribution in [2.75, 3.05) is 19.8 Å². The van der Waals surface area contributed by atoms with Crippen LogP contribution in [0.15, 0.2) is 18.2 Å². The Kier molecular flexibility index (Phi) is 5.27. The van der Waals surface area contributed by atoms with E-state index in [1.54, 1.807) is 0 Å². The zero-order valence-corrected chi connectivity index (χ0v) is 13.9. The van der Waals surface area contributed by atoms with Crippen LogP contribution in [0.4, 0.5) is 4.39 Å². The number of carbonyl (C=O) groups is 4. The van der Waals surface area contributed by atoms with Crippen molar-refractivity contribution in [2.24, 2.45) is 0 Å². The molecule has 2 N–H and O–H groups in total. The van der Waals surface area contributed by atoms with Gasteiger partial charge in [0, 0.05) is 25.1 Å². The van der Waals surface area contributed by atoms with Gasteiger partial charge in [0.1, 0.15) is 18.5 Å². The molecule has 0 bridgehead atoms. The molecule has 26 heavy (non-hydrogen) atoms. The number of hydrogen-bond donors (Lipinski definition) is 2. The molecule has 1 aromatic carbocycles. The molecule has 3 rings (SSSR count). The molecule has 8 nitrogen and oxygen atoms in total. The normalized spacial score (nSPS) is 20.7. The first-order valence-electron chi connectivity index (χ1n) is 8.23. The van der Waals surface area contributed by atoms with Crippen molar-refractivity contribution < 1.29 is 28.3 Å². The molecule has 2 fully saturated rings. The SMILES string of the molecule is O=C1CCC(NC(=O)c2cccc(CN3CCOCC3=O)c2F)C(=O)N1. The van der Waals surface area contributed by atoms with Gasteiger partial charge < -0.3 is 15.0 Å². The van der Waals surface area contributed by atoms with Gasteiger partial charge in [-0.2, -0.15) is 0 Å². The van der Waals surface area contributed by atoms with Crippen LogP contribution in [-0.4, -0.2) is 54.3 Å². The predicted molar refractivity (Wildman–Crippen MR) is 86.3 cm³/mol. The predicted octanol–water partition coefficient (Wildman–Crippen LogP) is -0.280. The smallest absolute Gasteiger partial charge is 0.254 e. The molecule has 138 valence electrons. The van der Waals surface area contributed by atoms with Crippen LogP contribution in [0, 0.1) is 5.82 Å². The molecule has 0 spiro atoms. The number of hydrogen-bond acceptors (Lipinski definition) is 5. The first-order chi connectivity index (χ1) is 12.5. The topological polar surface area (TPSA) is 105 Å². The lowest BCUT2D eigenvalue weighted by atomic mass is 10.0. The third kappa shape index (κ3) is 3.88. The number of ether oxygens (including phenoxy) is 1. The molecule has 0 aliphatic carbocycles. The molecule has 2 saturated heterocycles. The second-order valence-electron chi connectivity index (χ2n) is 6.12. The standard InChI is InChI=1S/C17H18FN3O5/c18-15-10(8-21-6-7-26-9-14(21)23)2-1-3-11(15)16(24)19-12-4-5-13(22)20-17(12)25/h1-3,12H,4-9H2,(H,19,24)(H,20,22,25). The minimum Gasteiger partial charge on any atom is -0.370 e. The number of piperidine rings is 1. The van der Waals surface area contributed by atoms with Crippen molar-refractivity contribution in [1.82, 2.24) is 15.5 Å². The number of nitrogens with zero attached hydrogens (tertiary/aromatic N) is 1. The van der Waals surface area contributed by atoms with Crippen molar-refractivity contribution in [2.45, 2.75) is 25.4 Å². The molecule has 9 heteroatoms. The van der Waals surface area contributed by atoms with Crippen LogP contribution in [0.1, 0.15) is 28.8 Å². The summed E-state index contributed by atoms with van der Waals surface area (Å²) in [6, 6.07) is 3.44. The van der Waals surface area contributed by atoms with Crippen molar-refractivity contribution in [3.8, 4) is 0 Å². The Morgan fingerprint density at radius 2 is 2.15 bits per heavy atom. The summed E-state index contributed by atoms with van der Waals surface area (Å²) in [5.74, 6) is -2.73. The molecule has 1 unspecified atom stereocenters. The molecular formula is C17H18FN3O5. The van der Waals surface area contributed by atoms with E-state index in [4.69, 9.17) is 4.74 Å². The summed E-state index contributed by atoms with van der Waals surface area (Å²) in [6.07, 6.45) is 0.276. The Balaban J connectivity index is 1.71. The largest absolute Gasteiger partial charge is 0.370 e. The van der Waals surface area contributed by atoms with Gasteiger partial charge in [0.25, 0.3) is 5.91 Å². The number of benzene rings is 1. The highest BCUT2D eigenvalue weighted by Crippen LogP contribution is 2.17. The van der Waals surface area contributed by atoms with E-state index < -0.39 is 29.6 Å². The molecule has 0 radical (unpaired) electrons. The summed E-state index contributed by atoms with van der Waals surface area (Å²) < 4.78 is 19.8. The van der Waals surface area contributed by atoms with Crippen LogP contribution in [0.5, 0.6) is 0 Å². The molecule has 0 saturated carbocycles. The quantitative estimate of drug-likeness (QED) is 0.716. The van der Waals surface area contributed by atoms with Gasteiger partial charge in [-0.25, -0.2) is 4.39 Å². The Morgan fingerprint density at radius 1 is 1.35 bits per heavy atom. The summed E-state index contributed by atoms with van der Waals surface area (Å²) in [6.45, 7) is 0.721. The second kappa shape index (κ2) is 7.61. The third-order valence-electron chi connectivity index (χ3n) is 4.31. The Morgan fingerprint density at radius 3 is 2.88 bits per heavy atom. The lowest BCUT2D eigenvalue weighted by Gasteiger charge is -2.27. The average Bonchev–Trinajstić information content (AvgIpc) is 2.61. The summed E-state index contributed by atoms with van der Waals surface area (Å²) in [5.41, 5.74) is -0.0101. The van der Waals surface area contributed by atoms with E-state index >= 15 is 0 Å². The van der Waals surface area contributed by atoms with Crippen LogP contribution >= 0.6 is 0 Å². The number of amides is 4. The first-order valence-corrected chi connectivity index (χ1v) is 8.23. The highest BCUT2D eigenvalue weighted by atomic mass is 19.1. The fourth-order valence-corrected chi connectivity index (χ4v) is 2.87. The minimum atomic E-state index is -0.885. The van der Waals surface area contributed by atoms with Crippen LogP contribution in [-0.2, 0) is 25.7 Å². The minimum absolute atomic E-state index is 0.0353. The fraction of sp³-hybridized carbons (Fsp3) is 0.412. The van der Waals surface area contributed by atoms with E-state index in [2.05, 4.69) is 10.6 Å². The van der Waals surface area contributed by atoms with Crippen molar-refractivity contribution in [3.05, 3.63) is 35.1 Å². The average molecular weight is 363 g/mol. The summed E-state index contributed by atoms with van der Waals surface area (Å²) in [5, 5.41) is 4.57. The number of halogens is 1. The van der Waals surface area contributed by atoms with Crippen molar-refractivity contribution in [3.63, 3.8) is 0 Å². The summed E-state index contributed by atoms with van der Waals surface area (Å²) in [7, 11) is 0. The highest BCUT2D eigenvalue weighted by molar-refractivity contribution is 6.03. The van der Waals surface area contributed by atoms with Gasteiger partial charge in [-0.15, -0.1) is 0 Å². The Labute approximate surface area is 148 Å². The first kappa shape index (κ1) is 18.0. The van der Waals surface area contributed by atoms with Crippen LogP contribution in [0.2, 0.25) is 0 Å². The van der Waals surface area contributed by atoms with Gasteiger partial charge in [-0.1, -0.05) is 12.1 Å². The van der Waals surface area contributed by atoms with E-state index in [1.165, 1.54) is 23.1 Å². The van der Waals surface area contributed by atoms with Gasteiger partial charge in [0.15, 0.2) is 0 Å². The zero-order chi connectivity index (χ0) is 18.7.